The molecule has 0 aliphatic heterocycles. The molecule has 1 N–H and O–H groups in total. The minimum absolute atomic E-state index is 0.0357. The molecule has 0 aliphatic rings. The Bertz CT molecular complexity index is 952. The normalized spacial score (nSPS) is 11.2. The van der Waals surface area contributed by atoms with Gasteiger partial charge in [0.25, 0.3) is 5.69 Å². The van der Waals surface area contributed by atoms with Crippen LogP contribution in [-0.2, 0) is 6.42 Å². The van der Waals surface area contributed by atoms with Crippen LogP contribution >= 0.6 is 12.2 Å². The molecule has 122 valence electrons. The maximum absolute atomic E-state index is 10.7. The van der Waals surface area contributed by atoms with E-state index in [4.69, 9.17) is 16.6 Å². The van der Waals surface area contributed by atoms with Crippen molar-refractivity contribution in [1.29, 1.82) is 0 Å². The van der Waals surface area contributed by atoms with E-state index in [0.717, 1.165) is 11.4 Å². The fourth-order valence-corrected chi connectivity index (χ4v) is 2.31. The predicted molar refractivity (Wildman–Crippen MR) is 90.6 cm³/mol. The molecule has 8 nitrogen and oxygen atoms in total. The zero-order chi connectivity index (χ0) is 17.1. The molecule has 0 aliphatic carbocycles. The Morgan fingerprint density at radius 2 is 2.12 bits per heavy atom. The van der Waals surface area contributed by atoms with Gasteiger partial charge in [0.05, 0.1) is 11.1 Å². The summed E-state index contributed by atoms with van der Waals surface area (Å²) in [5, 5.41) is 21.7. The minimum Gasteiger partial charge on any atom is -0.455 e. The van der Waals surface area contributed by atoms with Gasteiger partial charge in [-0.1, -0.05) is 6.92 Å². The molecule has 1 aromatic carbocycles. The lowest BCUT2D eigenvalue weighted by atomic mass is 10.1. The molecule has 0 radical (unpaired) electrons. The van der Waals surface area contributed by atoms with Crippen LogP contribution in [0.4, 0.5) is 5.69 Å². The monoisotopic (exact) mass is 343 g/mol. The van der Waals surface area contributed by atoms with E-state index in [0.29, 0.717) is 22.7 Å². The number of nitro groups is 1. The van der Waals surface area contributed by atoms with Gasteiger partial charge < -0.3 is 4.42 Å². The van der Waals surface area contributed by atoms with Crippen molar-refractivity contribution >= 4 is 24.1 Å². The highest BCUT2D eigenvalue weighted by Crippen LogP contribution is 2.24. The molecule has 0 saturated carbocycles. The van der Waals surface area contributed by atoms with Crippen LogP contribution in [0.1, 0.15) is 18.5 Å². The fourth-order valence-electron chi connectivity index (χ4n) is 2.11. The van der Waals surface area contributed by atoms with Crippen molar-refractivity contribution in [3.8, 4) is 11.3 Å². The van der Waals surface area contributed by atoms with Crippen LogP contribution in [0.25, 0.3) is 11.3 Å². The lowest BCUT2D eigenvalue weighted by molar-refractivity contribution is -0.384. The number of hydrogen-bond acceptors (Lipinski definition) is 6. The van der Waals surface area contributed by atoms with E-state index in [1.165, 1.54) is 16.8 Å². The molecule has 0 amide bonds. The van der Waals surface area contributed by atoms with Crippen molar-refractivity contribution in [3.05, 3.63) is 62.9 Å². The molecule has 9 heteroatoms. The quantitative estimate of drug-likeness (QED) is 0.330. The molecule has 0 saturated heterocycles. The Morgan fingerprint density at radius 3 is 2.79 bits per heavy atom. The lowest BCUT2D eigenvalue weighted by Gasteiger charge is -1.97. The molecule has 24 heavy (non-hydrogen) atoms. The van der Waals surface area contributed by atoms with Gasteiger partial charge in [-0.15, -0.1) is 0 Å². The van der Waals surface area contributed by atoms with Crippen molar-refractivity contribution in [2.75, 3.05) is 0 Å². The van der Waals surface area contributed by atoms with E-state index >= 15 is 0 Å². The third-order valence-electron chi connectivity index (χ3n) is 3.32. The maximum atomic E-state index is 10.7. The van der Waals surface area contributed by atoms with E-state index in [2.05, 4.69) is 15.3 Å². The van der Waals surface area contributed by atoms with E-state index < -0.39 is 4.92 Å². The van der Waals surface area contributed by atoms with Gasteiger partial charge in [0, 0.05) is 24.1 Å². The molecular weight excluding hydrogens is 330 g/mol. The second kappa shape index (κ2) is 6.59. The minimum atomic E-state index is -0.441. The van der Waals surface area contributed by atoms with Crippen LogP contribution in [-0.4, -0.2) is 26.0 Å². The highest BCUT2D eigenvalue weighted by Gasteiger charge is 2.08. The number of aromatic amines is 1. The number of nitrogens with zero attached hydrogens (tertiary/aromatic N) is 4. The first-order valence-electron chi connectivity index (χ1n) is 7.14. The standard InChI is InChI=1S/C15H13N5O3S/c1-2-14-17-18-15(24)19(14)16-9-12-7-8-13(23-12)10-3-5-11(6-4-10)20(21)22/h3-9H,2H2,1H3,(H,18,24)/b16-9+. The third kappa shape index (κ3) is 3.15. The number of aryl methyl sites for hydroxylation is 1. The van der Waals surface area contributed by atoms with Gasteiger partial charge in [-0.3, -0.25) is 15.2 Å². The first-order valence-corrected chi connectivity index (χ1v) is 7.54. The van der Waals surface area contributed by atoms with Crippen LogP contribution in [0.3, 0.4) is 0 Å². The second-order valence-corrected chi connectivity index (χ2v) is 5.25. The zero-order valence-corrected chi connectivity index (χ0v) is 13.5. The Hall–Kier alpha value is -3.07. The number of benzene rings is 1. The van der Waals surface area contributed by atoms with E-state index in [-0.39, 0.29) is 5.69 Å². The molecular formula is C15H13N5O3S. The summed E-state index contributed by atoms with van der Waals surface area (Å²) in [5.41, 5.74) is 0.780. The number of nitrogens with one attached hydrogen (secondary N) is 1. The van der Waals surface area contributed by atoms with Gasteiger partial charge in [0.2, 0.25) is 4.77 Å². The topological polar surface area (TPSA) is 102 Å². The Kier molecular flexibility index (Phi) is 4.34. The molecule has 2 aromatic heterocycles. The van der Waals surface area contributed by atoms with Crippen molar-refractivity contribution in [3.63, 3.8) is 0 Å². The summed E-state index contributed by atoms with van der Waals surface area (Å²) in [5.74, 6) is 1.85. The second-order valence-electron chi connectivity index (χ2n) is 4.86. The van der Waals surface area contributed by atoms with Gasteiger partial charge in [-0.05, 0) is 36.5 Å². The molecule has 0 fully saturated rings. The number of furan rings is 1. The van der Waals surface area contributed by atoms with Crippen LogP contribution in [0, 0.1) is 14.9 Å². The van der Waals surface area contributed by atoms with Crippen LogP contribution in [0.2, 0.25) is 0 Å². The van der Waals surface area contributed by atoms with Crippen LogP contribution in [0.15, 0.2) is 45.9 Å². The van der Waals surface area contributed by atoms with Gasteiger partial charge >= 0.3 is 0 Å². The molecule has 2 heterocycles. The van der Waals surface area contributed by atoms with E-state index in [1.54, 1.807) is 30.5 Å². The van der Waals surface area contributed by atoms with Crippen molar-refractivity contribution in [2.45, 2.75) is 13.3 Å². The lowest BCUT2D eigenvalue weighted by Crippen LogP contribution is -1.96. The highest BCUT2D eigenvalue weighted by atomic mass is 32.1. The van der Waals surface area contributed by atoms with E-state index in [9.17, 15) is 10.1 Å². The summed E-state index contributed by atoms with van der Waals surface area (Å²) in [6, 6.07) is 9.68. The van der Waals surface area contributed by atoms with Crippen LogP contribution < -0.4 is 0 Å². The Balaban J connectivity index is 1.83. The van der Waals surface area contributed by atoms with Gasteiger partial charge in [-0.25, -0.2) is 0 Å². The van der Waals surface area contributed by atoms with Crippen molar-refractivity contribution in [2.24, 2.45) is 5.10 Å². The average Bonchev–Trinajstić information content (AvgIpc) is 3.19. The molecule has 0 bridgehead atoms. The van der Waals surface area contributed by atoms with E-state index in [1.807, 2.05) is 6.92 Å². The molecule has 3 rings (SSSR count). The van der Waals surface area contributed by atoms with Gasteiger partial charge in [0.1, 0.15) is 11.5 Å². The van der Waals surface area contributed by atoms with Gasteiger partial charge in [0.15, 0.2) is 5.82 Å². The number of rotatable bonds is 5. The first-order chi connectivity index (χ1) is 11.6. The number of hydrogen-bond donors (Lipinski definition) is 1. The Morgan fingerprint density at radius 1 is 1.38 bits per heavy atom. The zero-order valence-electron chi connectivity index (χ0n) is 12.7. The van der Waals surface area contributed by atoms with Crippen molar-refractivity contribution < 1.29 is 9.34 Å². The summed E-state index contributed by atoms with van der Waals surface area (Å²) in [6.45, 7) is 1.95. The summed E-state index contributed by atoms with van der Waals surface area (Å²) in [4.78, 5) is 10.2. The Labute approximate surface area is 141 Å². The fraction of sp³-hybridized carbons (Fsp3) is 0.133. The largest absolute Gasteiger partial charge is 0.455 e. The summed E-state index contributed by atoms with van der Waals surface area (Å²) in [7, 11) is 0. The average molecular weight is 343 g/mol. The van der Waals surface area contributed by atoms with Gasteiger partial charge in [-0.2, -0.15) is 14.9 Å². The molecule has 0 spiro atoms. The highest BCUT2D eigenvalue weighted by molar-refractivity contribution is 7.71. The summed E-state index contributed by atoms with van der Waals surface area (Å²) >= 11 is 5.12. The molecule has 0 unspecified atom stereocenters. The predicted octanol–water partition coefficient (Wildman–Crippen LogP) is 3.55. The summed E-state index contributed by atoms with van der Waals surface area (Å²) in [6.07, 6.45) is 2.23. The number of aromatic nitrogens is 3. The number of nitro benzene ring substituents is 1. The smallest absolute Gasteiger partial charge is 0.269 e. The third-order valence-corrected chi connectivity index (χ3v) is 3.59. The molecule has 3 aromatic rings. The SMILES string of the molecule is CCc1n[nH]c(=S)n1/N=C/c1ccc(-c2ccc([N+](=O)[O-])cc2)o1. The van der Waals surface area contributed by atoms with Crippen LogP contribution in [0.5, 0.6) is 0 Å². The number of non-ortho nitro benzene ring substituents is 1. The molecule has 0 atom stereocenters. The first kappa shape index (κ1) is 15.8. The summed E-state index contributed by atoms with van der Waals surface area (Å²) < 4.78 is 7.62. The van der Waals surface area contributed by atoms with Crippen molar-refractivity contribution in [1.82, 2.24) is 14.9 Å². The maximum Gasteiger partial charge on any atom is 0.269 e. The number of H-pyrrole nitrogens is 1.